The molecule has 1 N–H and O–H groups in total. The lowest BCUT2D eigenvalue weighted by molar-refractivity contribution is 0.317. The molecule has 1 heterocycles. The van der Waals surface area contributed by atoms with Crippen LogP contribution in [0.2, 0.25) is 0 Å². The van der Waals surface area contributed by atoms with Crippen molar-refractivity contribution >= 4 is 5.69 Å². The third-order valence-corrected chi connectivity index (χ3v) is 3.01. The zero-order valence-corrected chi connectivity index (χ0v) is 12.5. The largest absolute Gasteiger partial charge is 0.494 e. The van der Waals surface area contributed by atoms with Crippen LogP contribution in [0.3, 0.4) is 0 Å². The van der Waals surface area contributed by atoms with E-state index in [0.29, 0.717) is 6.04 Å². The summed E-state index contributed by atoms with van der Waals surface area (Å²) in [5.74, 6) is 0.921. The van der Waals surface area contributed by atoms with Crippen molar-refractivity contribution in [1.29, 1.82) is 0 Å². The zero-order valence-electron chi connectivity index (χ0n) is 12.5. The number of nitrogens with one attached hydrogen (secondary N) is 1. The maximum Gasteiger partial charge on any atom is 0.119 e. The molecule has 108 valence electrons. The molecule has 0 aliphatic heterocycles. The first-order chi connectivity index (χ1) is 9.69. The van der Waals surface area contributed by atoms with Crippen molar-refractivity contribution in [3.63, 3.8) is 0 Å². The van der Waals surface area contributed by atoms with Gasteiger partial charge in [-0.3, -0.25) is 4.68 Å². The number of aromatic nitrogens is 2. The molecule has 0 aliphatic rings. The average Bonchev–Trinajstić information content (AvgIpc) is 2.93. The second-order valence-corrected chi connectivity index (χ2v) is 5.15. The SMILES string of the molecule is CCCOc1ccc(NCc2cnn(C(C)C)c2)cc1. The van der Waals surface area contributed by atoms with Crippen LogP contribution in [0, 0.1) is 0 Å². The van der Waals surface area contributed by atoms with Crippen LogP contribution in [0.25, 0.3) is 0 Å². The maximum atomic E-state index is 5.56. The molecule has 1 aromatic heterocycles. The number of anilines is 1. The Hall–Kier alpha value is -1.97. The molecule has 1 aromatic carbocycles. The fourth-order valence-corrected chi connectivity index (χ4v) is 1.84. The lowest BCUT2D eigenvalue weighted by Crippen LogP contribution is -2.01. The molecule has 0 saturated carbocycles. The number of hydrogen-bond acceptors (Lipinski definition) is 3. The number of rotatable bonds is 7. The van der Waals surface area contributed by atoms with Crippen LogP contribution in [0.5, 0.6) is 5.75 Å². The molecule has 20 heavy (non-hydrogen) atoms. The van der Waals surface area contributed by atoms with E-state index in [0.717, 1.165) is 31.0 Å². The highest BCUT2D eigenvalue weighted by Crippen LogP contribution is 2.16. The van der Waals surface area contributed by atoms with E-state index in [1.807, 2.05) is 35.1 Å². The van der Waals surface area contributed by atoms with Crippen LogP contribution in [0.15, 0.2) is 36.7 Å². The van der Waals surface area contributed by atoms with Crippen molar-refractivity contribution in [2.75, 3.05) is 11.9 Å². The maximum absolute atomic E-state index is 5.56. The molecule has 0 saturated heterocycles. The van der Waals surface area contributed by atoms with Crippen LogP contribution in [-0.2, 0) is 6.54 Å². The fraction of sp³-hybridized carbons (Fsp3) is 0.438. The summed E-state index contributed by atoms with van der Waals surface area (Å²) >= 11 is 0. The van der Waals surface area contributed by atoms with Gasteiger partial charge in [0.25, 0.3) is 0 Å². The summed E-state index contributed by atoms with van der Waals surface area (Å²) < 4.78 is 7.53. The van der Waals surface area contributed by atoms with E-state index in [1.165, 1.54) is 5.56 Å². The summed E-state index contributed by atoms with van der Waals surface area (Å²) in [7, 11) is 0. The van der Waals surface area contributed by atoms with E-state index in [4.69, 9.17) is 4.74 Å². The van der Waals surface area contributed by atoms with Gasteiger partial charge in [-0.05, 0) is 44.5 Å². The van der Waals surface area contributed by atoms with Crippen molar-refractivity contribution in [2.24, 2.45) is 0 Å². The molecule has 0 amide bonds. The van der Waals surface area contributed by atoms with Gasteiger partial charge in [0.1, 0.15) is 5.75 Å². The number of benzene rings is 1. The van der Waals surface area contributed by atoms with Gasteiger partial charge in [-0.15, -0.1) is 0 Å². The predicted octanol–water partition coefficient (Wildman–Crippen LogP) is 3.86. The number of nitrogens with zero attached hydrogens (tertiary/aromatic N) is 2. The van der Waals surface area contributed by atoms with Gasteiger partial charge in [-0.1, -0.05) is 6.92 Å². The van der Waals surface area contributed by atoms with Gasteiger partial charge in [0.2, 0.25) is 0 Å². The van der Waals surface area contributed by atoms with Crippen LogP contribution in [0.1, 0.15) is 38.8 Å². The minimum atomic E-state index is 0.402. The highest BCUT2D eigenvalue weighted by molar-refractivity contribution is 5.46. The Kier molecular flexibility index (Phi) is 5.04. The van der Waals surface area contributed by atoms with Crippen LogP contribution in [0.4, 0.5) is 5.69 Å². The summed E-state index contributed by atoms with van der Waals surface area (Å²) in [6.07, 6.45) is 5.02. The monoisotopic (exact) mass is 273 g/mol. The van der Waals surface area contributed by atoms with E-state index in [1.54, 1.807) is 0 Å². The first-order valence-electron chi connectivity index (χ1n) is 7.19. The Labute approximate surface area is 120 Å². The molecule has 0 fully saturated rings. The minimum Gasteiger partial charge on any atom is -0.494 e. The zero-order chi connectivity index (χ0) is 14.4. The second-order valence-electron chi connectivity index (χ2n) is 5.15. The van der Waals surface area contributed by atoms with E-state index in [9.17, 15) is 0 Å². The van der Waals surface area contributed by atoms with Crippen LogP contribution in [-0.4, -0.2) is 16.4 Å². The van der Waals surface area contributed by atoms with E-state index in [2.05, 4.69) is 37.4 Å². The molecule has 4 nitrogen and oxygen atoms in total. The molecule has 2 rings (SSSR count). The molecule has 0 spiro atoms. The lowest BCUT2D eigenvalue weighted by Gasteiger charge is -2.08. The quantitative estimate of drug-likeness (QED) is 0.832. The molecular formula is C16H23N3O. The first kappa shape index (κ1) is 14.4. The highest BCUT2D eigenvalue weighted by atomic mass is 16.5. The summed E-state index contributed by atoms with van der Waals surface area (Å²) in [4.78, 5) is 0. The summed E-state index contributed by atoms with van der Waals surface area (Å²) in [6, 6.07) is 8.47. The minimum absolute atomic E-state index is 0.402. The van der Waals surface area contributed by atoms with Gasteiger partial charge in [0, 0.05) is 30.0 Å². The van der Waals surface area contributed by atoms with Crippen LogP contribution < -0.4 is 10.1 Å². The predicted molar refractivity (Wildman–Crippen MR) is 82.2 cm³/mol. The van der Waals surface area contributed by atoms with Crippen molar-refractivity contribution < 1.29 is 4.74 Å². The summed E-state index contributed by atoms with van der Waals surface area (Å²) in [5, 5.41) is 7.72. The van der Waals surface area contributed by atoms with Crippen molar-refractivity contribution in [3.8, 4) is 5.75 Å². The topological polar surface area (TPSA) is 39.1 Å². The Morgan fingerprint density at radius 2 is 2.00 bits per heavy atom. The molecular weight excluding hydrogens is 250 g/mol. The molecule has 0 aliphatic carbocycles. The van der Waals surface area contributed by atoms with Crippen LogP contribution >= 0.6 is 0 Å². The van der Waals surface area contributed by atoms with Crippen molar-refractivity contribution in [1.82, 2.24) is 9.78 Å². The van der Waals surface area contributed by atoms with Gasteiger partial charge in [-0.2, -0.15) is 5.10 Å². The first-order valence-corrected chi connectivity index (χ1v) is 7.19. The Bertz CT molecular complexity index is 517. The standard InChI is InChI=1S/C16H23N3O/c1-4-9-20-16-7-5-15(6-8-16)17-10-14-11-18-19(12-14)13(2)3/h5-8,11-13,17H,4,9-10H2,1-3H3. The van der Waals surface area contributed by atoms with Crippen molar-refractivity contribution in [3.05, 3.63) is 42.2 Å². The Balaban J connectivity index is 1.86. The second kappa shape index (κ2) is 6.98. The van der Waals surface area contributed by atoms with Gasteiger partial charge in [0.15, 0.2) is 0 Å². The van der Waals surface area contributed by atoms with Gasteiger partial charge in [0.05, 0.1) is 12.8 Å². The molecule has 4 heteroatoms. The fourth-order valence-electron chi connectivity index (χ4n) is 1.84. The molecule has 0 bridgehead atoms. The summed E-state index contributed by atoms with van der Waals surface area (Å²) in [6.45, 7) is 7.90. The Morgan fingerprint density at radius 1 is 1.25 bits per heavy atom. The van der Waals surface area contributed by atoms with E-state index in [-0.39, 0.29) is 0 Å². The highest BCUT2D eigenvalue weighted by Gasteiger charge is 2.01. The normalized spacial score (nSPS) is 10.8. The third-order valence-electron chi connectivity index (χ3n) is 3.01. The van der Waals surface area contributed by atoms with Crippen molar-refractivity contribution in [2.45, 2.75) is 39.8 Å². The average molecular weight is 273 g/mol. The third kappa shape index (κ3) is 4.02. The molecule has 0 unspecified atom stereocenters. The summed E-state index contributed by atoms with van der Waals surface area (Å²) in [5.41, 5.74) is 2.27. The Morgan fingerprint density at radius 3 is 2.60 bits per heavy atom. The van der Waals surface area contributed by atoms with Gasteiger partial charge < -0.3 is 10.1 Å². The van der Waals surface area contributed by atoms with E-state index >= 15 is 0 Å². The van der Waals surface area contributed by atoms with Gasteiger partial charge in [-0.25, -0.2) is 0 Å². The molecule has 2 aromatic rings. The lowest BCUT2D eigenvalue weighted by atomic mass is 10.3. The molecule has 0 radical (unpaired) electrons. The smallest absolute Gasteiger partial charge is 0.119 e. The van der Waals surface area contributed by atoms with E-state index < -0.39 is 0 Å². The van der Waals surface area contributed by atoms with Gasteiger partial charge >= 0.3 is 0 Å². The number of ether oxygens (including phenoxy) is 1. The number of hydrogen-bond donors (Lipinski definition) is 1. The molecule has 0 atom stereocenters.